The highest BCUT2D eigenvalue weighted by Crippen LogP contribution is 2.18. The molecule has 1 heterocycles. The maximum Gasteiger partial charge on any atom is 0.306 e. The van der Waals surface area contributed by atoms with Gasteiger partial charge in [-0.1, -0.05) is 51.7 Å². The second kappa shape index (κ2) is 18.0. The Hall–Kier alpha value is -1.36. The van der Waals surface area contributed by atoms with Gasteiger partial charge in [0.05, 0.1) is 6.10 Å². The number of carbonyl (C=O) groups excluding carboxylic acids is 1. The average Bonchev–Trinajstić information content (AvgIpc) is 2.63. The molecule has 0 aliphatic carbocycles. The van der Waals surface area contributed by atoms with Crippen LogP contribution in [-0.4, -0.2) is 34.4 Å². The summed E-state index contributed by atoms with van der Waals surface area (Å²) in [5, 5.41) is 17.9. The van der Waals surface area contributed by atoms with Gasteiger partial charge in [-0.15, -0.1) is 0 Å². The average molecular weight is 385 g/mol. The smallest absolute Gasteiger partial charge is 0.306 e. The number of cyclic esters (lactones) is 1. The third-order valence-corrected chi connectivity index (χ3v) is 4.58. The summed E-state index contributed by atoms with van der Waals surface area (Å²) in [5.74, 6) is -0.793. The van der Waals surface area contributed by atoms with Crippen LogP contribution in [-0.2, 0) is 14.3 Å². The van der Waals surface area contributed by atoms with Crippen LogP contribution in [0, 0.1) is 0 Å². The minimum Gasteiger partial charge on any atom is -0.481 e. The zero-order valence-electron chi connectivity index (χ0n) is 17.3. The van der Waals surface area contributed by atoms with Crippen LogP contribution in [0.1, 0.15) is 104 Å². The van der Waals surface area contributed by atoms with E-state index >= 15 is 0 Å². The van der Waals surface area contributed by atoms with Gasteiger partial charge in [-0.3, -0.25) is 9.59 Å². The minimum atomic E-state index is -0.775. The van der Waals surface area contributed by atoms with Gasteiger partial charge in [-0.2, -0.15) is 0 Å². The van der Waals surface area contributed by atoms with E-state index in [-0.39, 0.29) is 24.6 Å². The van der Waals surface area contributed by atoms with E-state index in [4.69, 9.17) is 9.84 Å². The first-order chi connectivity index (χ1) is 13.0. The van der Waals surface area contributed by atoms with Gasteiger partial charge in [0.2, 0.25) is 0 Å². The molecule has 1 aliphatic heterocycles. The molecular formula is C22H40O5. The monoisotopic (exact) mass is 384 g/mol. The number of aliphatic hydroxyl groups excluding tert-OH is 1. The van der Waals surface area contributed by atoms with E-state index in [1.165, 1.54) is 19.3 Å². The van der Waals surface area contributed by atoms with E-state index in [0.717, 1.165) is 44.9 Å². The molecule has 0 saturated carbocycles. The van der Waals surface area contributed by atoms with Crippen molar-refractivity contribution in [3.8, 4) is 0 Å². The Kier molecular flexibility index (Phi) is 17.1. The first-order valence-electron chi connectivity index (χ1n) is 10.7. The lowest BCUT2D eigenvalue weighted by Gasteiger charge is -2.21. The molecule has 5 nitrogen and oxygen atoms in total. The van der Waals surface area contributed by atoms with Gasteiger partial charge in [0.1, 0.15) is 6.10 Å². The standard InChI is InChI=1S/C11H22O3.C11H18O2/c1-2-3-4-5-7-10(12)8-6-9-11(13)14;1-2-3-4-5-7-10-8-6-9-11(12)13-10/h10,12H,2-9H2,1H3,(H,13,14);3-4,10H,2,5-9H2,1H3/b;4-3+. The highest BCUT2D eigenvalue weighted by atomic mass is 16.5. The molecule has 5 heteroatoms. The van der Waals surface area contributed by atoms with Gasteiger partial charge in [0.25, 0.3) is 0 Å². The van der Waals surface area contributed by atoms with Crippen molar-refractivity contribution in [1.82, 2.24) is 0 Å². The van der Waals surface area contributed by atoms with Crippen LogP contribution in [0.15, 0.2) is 12.2 Å². The van der Waals surface area contributed by atoms with Crippen molar-refractivity contribution < 1.29 is 24.5 Å². The number of ether oxygens (including phenoxy) is 1. The van der Waals surface area contributed by atoms with Gasteiger partial charge in [0.15, 0.2) is 0 Å². The molecule has 0 radical (unpaired) electrons. The predicted octanol–water partition coefficient (Wildman–Crippen LogP) is 5.40. The summed E-state index contributed by atoms with van der Waals surface area (Å²) in [7, 11) is 0. The van der Waals surface area contributed by atoms with E-state index < -0.39 is 5.97 Å². The molecule has 0 bridgehead atoms. The Labute approximate surface area is 165 Å². The number of carbonyl (C=O) groups is 2. The molecular weight excluding hydrogens is 344 g/mol. The highest BCUT2D eigenvalue weighted by molar-refractivity contribution is 5.70. The van der Waals surface area contributed by atoms with Gasteiger partial charge in [-0.25, -0.2) is 0 Å². The summed E-state index contributed by atoms with van der Waals surface area (Å²) < 4.78 is 5.19. The number of aliphatic carboxylic acids is 1. The van der Waals surface area contributed by atoms with Gasteiger partial charge < -0.3 is 14.9 Å². The Balaban J connectivity index is 0.000000501. The molecule has 1 saturated heterocycles. The first-order valence-corrected chi connectivity index (χ1v) is 10.7. The fourth-order valence-corrected chi connectivity index (χ4v) is 2.99. The lowest BCUT2D eigenvalue weighted by molar-refractivity contribution is -0.153. The second-order valence-electron chi connectivity index (χ2n) is 7.25. The molecule has 0 amide bonds. The van der Waals surface area contributed by atoms with Crippen LogP contribution in [0.5, 0.6) is 0 Å². The van der Waals surface area contributed by atoms with Crippen LogP contribution >= 0.6 is 0 Å². The van der Waals surface area contributed by atoms with E-state index in [9.17, 15) is 14.7 Å². The van der Waals surface area contributed by atoms with Crippen LogP contribution in [0.25, 0.3) is 0 Å². The maximum atomic E-state index is 10.9. The van der Waals surface area contributed by atoms with Crippen molar-refractivity contribution in [2.24, 2.45) is 0 Å². The molecule has 2 N–H and O–H groups in total. The summed E-state index contributed by atoms with van der Waals surface area (Å²) in [6.45, 7) is 4.28. The maximum absolute atomic E-state index is 10.9. The lowest BCUT2D eigenvalue weighted by Crippen LogP contribution is -2.23. The fraction of sp³-hybridized carbons (Fsp3) is 0.818. The van der Waals surface area contributed by atoms with Gasteiger partial charge in [0, 0.05) is 12.8 Å². The highest BCUT2D eigenvalue weighted by Gasteiger charge is 2.18. The topological polar surface area (TPSA) is 83.8 Å². The number of hydrogen-bond donors (Lipinski definition) is 2. The minimum absolute atomic E-state index is 0.0179. The van der Waals surface area contributed by atoms with Crippen molar-refractivity contribution >= 4 is 11.9 Å². The second-order valence-corrected chi connectivity index (χ2v) is 7.25. The summed E-state index contributed by atoms with van der Waals surface area (Å²) in [6.07, 6.45) is 16.8. The summed E-state index contributed by atoms with van der Waals surface area (Å²) >= 11 is 0. The normalized spacial score (nSPS) is 17.9. The molecule has 0 aromatic heterocycles. The van der Waals surface area contributed by atoms with Crippen LogP contribution in [0.4, 0.5) is 0 Å². The van der Waals surface area contributed by atoms with Crippen molar-refractivity contribution in [3.63, 3.8) is 0 Å². The Morgan fingerprint density at radius 3 is 2.56 bits per heavy atom. The van der Waals surface area contributed by atoms with Crippen molar-refractivity contribution in [3.05, 3.63) is 12.2 Å². The zero-order valence-corrected chi connectivity index (χ0v) is 17.3. The molecule has 2 atom stereocenters. The molecule has 1 rings (SSSR count). The summed E-state index contributed by atoms with van der Waals surface area (Å²) in [6, 6.07) is 0. The predicted molar refractivity (Wildman–Crippen MR) is 109 cm³/mol. The third-order valence-electron chi connectivity index (χ3n) is 4.58. The SMILES string of the molecule is CC/C=C/CCC1CCCC(=O)O1.CCCCCCC(O)CCCC(=O)O. The number of hydrogen-bond acceptors (Lipinski definition) is 4. The van der Waals surface area contributed by atoms with Crippen molar-refractivity contribution in [2.45, 2.75) is 116 Å². The molecule has 1 aliphatic rings. The quantitative estimate of drug-likeness (QED) is 0.252. The summed E-state index contributed by atoms with van der Waals surface area (Å²) in [4.78, 5) is 21.1. The number of unbranched alkanes of at least 4 members (excludes halogenated alkanes) is 3. The Morgan fingerprint density at radius 2 is 1.93 bits per heavy atom. The van der Waals surface area contributed by atoms with Crippen LogP contribution in [0.3, 0.4) is 0 Å². The van der Waals surface area contributed by atoms with Gasteiger partial charge >= 0.3 is 11.9 Å². The van der Waals surface area contributed by atoms with E-state index in [2.05, 4.69) is 26.0 Å². The Morgan fingerprint density at radius 1 is 1.19 bits per heavy atom. The molecule has 2 unspecified atom stereocenters. The number of aliphatic hydroxyl groups is 1. The number of carboxylic acids is 1. The van der Waals surface area contributed by atoms with E-state index in [0.29, 0.717) is 19.3 Å². The molecule has 27 heavy (non-hydrogen) atoms. The third kappa shape index (κ3) is 17.8. The number of allylic oxidation sites excluding steroid dienone is 2. The van der Waals surface area contributed by atoms with Gasteiger partial charge in [-0.05, 0) is 51.4 Å². The number of carboxylic acid groups (broad SMARTS) is 1. The molecule has 158 valence electrons. The zero-order chi connectivity index (χ0) is 20.3. The van der Waals surface area contributed by atoms with Crippen LogP contribution < -0.4 is 0 Å². The lowest BCUT2D eigenvalue weighted by atomic mass is 10.0. The van der Waals surface area contributed by atoms with E-state index in [1.54, 1.807) is 0 Å². The number of rotatable bonds is 13. The molecule has 0 aromatic rings. The van der Waals surface area contributed by atoms with Crippen LogP contribution in [0.2, 0.25) is 0 Å². The molecule has 0 aromatic carbocycles. The molecule has 1 fully saturated rings. The summed E-state index contributed by atoms with van der Waals surface area (Å²) in [5.41, 5.74) is 0. The van der Waals surface area contributed by atoms with Crippen molar-refractivity contribution in [2.75, 3.05) is 0 Å². The Bertz CT molecular complexity index is 406. The van der Waals surface area contributed by atoms with E-state index in [1.807, 2.05) is 0 Å². The van der Waals surface area contributed by atoms with Crippen molar-refractivity contribution in [1.29, 1.82) is 0 Å². The largest absolute Gasteiger partial charge is 0.481 e. The fourth-order valence-electron chi connectivity index (χ4n) is 2.99. The number of esters is 1. The molecule has 0 spiro atoms. The first kappa shape index (κ1) is 25.6.